The van der Waals surface area contributed by atoms with Crippen molar-refractivity contribution in [3.05, 3.63) is 46.7 Å². The van der Waals surface area contributed by atoms with E-state index in [0.29, 0.717) is 5.56 Å². The van der Waals surface area contributed by atoms with Gasteiger partial charge < -0.3 is 0 Å². The van der Waals surface area contributed by atoms with Gasteiger partial charge in [-0.1, -0.05) is 12.1 Å². The van der Waals surface area contributed by atoms with Crippen molar-refractivity contribution in [1.82, 2.24) is 9.78 Å². The first-order chi connectivity index (χ1) is 6.81. The zero-order chi connectivity index (χ0) is 9.97. The fraction of sp³-hybridized carbons (Fsp3) is 0. The molecule has 0 amide bonds. The Hall–Kier alpha value is -1.60. The van der Waals surface area contributed by atoms with Gasteiger partial charge in [0, 0.05) is 10.7 Å². The third kappa shape index (κ3) is 1.54. The van der Waals surface area contributed by atoms with E-state index < -0.39 is 0 Å². The second-order valence-electron chi connectivity index (χ2n) is 2.74. The molecule has 0 N–H and O–H groups in total. The number of rotatable bonds is 1. The Morgan fingerprint density at radius 2 is 2.14 bits per heavy atom. The summed E-state index contributed by atoms with van der Waals surface area (Å²) in [5.41, 5.74) is 1.48. The minimum absolute atomic E-state index is 0.556. The maximum absolute atomic E-state index is 8.65. The molecule has 0 atom stereocenters. The predicted molar refractivity (Wildman–Crippen MR) is 56.0 cm³/mol. The van der Waals surface area contributed by atoms with Crippen molar-refractivity contribution >= 4 is 15.9 Å². The van der Waals surface area contributed by atoms with Crippen LogP contribution in [-0.2, 0) is 0 Å². The third-order valence-electron chi connectivity index (χ3n) is 1.81. The summed E-state index contributed by atoms with van der Waals surface area (Å²) in [5.74, 6) is 0. The monoisotopic (exact) mass is 247 g/mol. The summed E-state index contributed by atoms with van der Waals surface area (Å²) in [6.07, 6.45) is 3.24. The molecule has 1 aromatic heterocycles. The lowest BCUT2D eigenvalue weighted by Gasteiger charge is -2.02. The topological polar surface area (TPSA) is 41.6 Å². The van der Waals surface area contributed by atoms with Crippen molar-refractivity contribution in [1.29, 1.82) is 5.26 Å². The second-order valence-corrected chi connectivity index (χ2v) is 3.59. The van der Waals surface area contributed by atoms with Crippen LogP contribution in [0.25, 0.3) is 5.69 Å². The molecule has 3 nitrogen and oxygen atoms in total. The molecule has 0 saturated carbocycles. The van der Waals surface area contributed by atoms with Crippen molar-refractivity contribution in [2.24, 2.45) is 0 Å². The molecule has 1 heterocycles. The van der Waals surface area contributed by atoms with Gasteiger partial charge in [0.2, 0.25) is 0 Å². The minimum Gasteiger partial charge on any atom is -0.238 e. The molecule has 2 aromatic rings. The van der Waals surface area contributed by atoms with Gasteiger partial charge in [0.25, 0.3) is 0 Å². The van der Waals surface area contributed by atoms with Gasteiger partial charge in [-0.25, -0.2) is 4.68 Å². The van der Waals surface area contributed by atoms with Gasteiger partial charge in [-0.15, -0.1) is 0 Å². The van der Waals surface area contributed by atoms with Gasteiger partial charge in [0.15, 0.2) is 0 Å². The molecule has 0 aliphatic heterocycles. The molecular weight excluding hydrogens is 242 g/mol. The van der Waals surface area contributed by atoms with Crippen LogP contribution in [0.15, 0.2) is 41.1 Å². The SMILES string of the molecule is N#Cc1cnn(-c2ccccc2Br)c1. The Morgan fingerprint density at radius 1 is 1.36 bits per heavy atom. The highest BCUT2D eigenvalue weighted by atomic mass is 79.9. The fourth-order valence-corrected chi connectivity index (χ4v) is 1.62. The van der Waals surface area contributed by atoms with Crippen molar-refractivity contribution in [3.8, 4) is 11.8 Å². The third-order valence-corrected chi connectivity index (χ3v) is 2.48. The quantitative estimate of drug-likeness (QED) is 0.777. The van der Waals surface area contributed by atoms with E-state index in [0.717, 1.165) is 10.2 Å². The first-order valence-corrected chi connectivity index (χ1v) is 4.80. The number of nitriles is 1. The highest BCUT2D eigenvalue weighted by Crippen LogP contribution is 2.19. The van der Waals surface area contributed by atoms with Crippen LogP contribution in [0, 0.1) is 11.3 Å². The minimum atomic E-state index is 0.556. The summed E-state index contributed by atoms with van der Waals surface area (Å²) >= 11 is 3.42. The highest BCUT2D eigenvalue weighted by Gasteiger charge is 2.02. The summed E-state index contributed by atoms with van der Waals surface area (Å²) in [6, 6.07) is 9.76. The summed E-state index contributed by atoms with van der Waals surface area (Å²) in [7, 11) is 0. The van der Waals surface area contributed by atoms with E-state index in [9.17, 15) is 0 Å². The zero-order valence-corrected chi connectivity index (χ0v) is 8.77. The molecule has 1 aromatic carbocycles. The summed E-state index contributed by atoms with van der Waals surface area (Å²) in [4.78, 5) is 0. The van der Waals surface area contributed by atoms with E-state index in [1.807, 2.05) is 30.3 Å². The maximum atomic E-state index is 8.65. The van der Waals surface area contributed by atoms with Gasteiger partial charge in [-0.3, -0.25) is 0 Å². The van der Waals surface area contributed by atoms with Crippen LogP contribution < -0.4 is 0 Å². The Labute approximate surface area is 89.7 Å². The summed E-state index contributed by atoms with van der Waals surface area (Å²) in [6.45, 7) is 0. The van der Waals surface area contributed by atoms with Crippen LogP contribution in [0.5, 0.6) is 0 Å². The largest absolute Gasteiger partial charge is 0.238 e. The molecule has 0 unspecified atom stereocenters. The van der Waals surface area contributed by atoms with Crippen molar-refractivity contribution < 1.29 is 0 Å². The number of hydrogen-bond donors (Lipinski definition) is 0. The smallest absolute Gasteiger partial charge is 0.102 e. The normalized spacial score (nSPS) is 9.71. The average molecular weight is 248 g/mol. The van der Waals surface area contributed by atoms with E-state index in [4.69, 9.17) is 5.26 Å². The van der Waals surface area contributed by atoms with Crippen molar-refractivity contribution in [2.75, 3.05) is 0 Å². The molecule has 0 spiro atoms. The molecule has 0 bridgehead atoms. The first kappa shape index (κ1) is 8.97. The molecule has 0 saturated heterocycles. The predicted octanol–water partition coefficient (Wildman–Crippen LogP) is 2.51. The number of hydrogen-bond acceptors (Lipinski definition) is 2. The van der Waals surface area contributed by atoms with E-state index in [1.165, 1.54) is 0 Å². The number of aromatic nitrogens is 2. The molecular formula is C10H6BrN3. The maximum Gasteiger partial charge on any atom is 0.102 e. The number of benzene rings is 1. The number of nitrogens with zero attached hydrogens (tertiary/aromatic N) is 3. The molecule has 0 aliphatic carbocycles. The van der Waals surface area contributed by atoms with Gasteiger partial charge in [-0.2, -0.15) is 10.4 Å². The molecule has 14 heavy (non-hydrogen) atoms. The molecule has 0 fully saturated rings. The fourth-order valence-electron chi connectivity index (χ4n) is 1.15. The van der Waals surface area contributed by atoms with Gasteiger partial charge in [0.1, 0.15) is 6.07 Å². The lowest BCUT2D eigenvalue weighted by atomic mass is 10.3. The van der Waals surface area contributed by atoms with Gasteiger partial charge >= 0.3 is 0 Å². The van der Waals surface area contributed by atoms with E-state index >= 15 is 0 Å². The Kier molecular flexibility index (Phi) is 2.33. The van der Waals surface area contributed by atoms with Crippen molar-refractivity contribution in [2.45, 2.75) is 0 Å². The summed E-state index contributed by atoms with van der Waals surface area (Å²) in [5, 5.41) is 12.7. The van der Waals surface area contributed by atoms with Crippen LogP contribution in [0.2, 0.25) is 0 Å². The van der Waals surface area contributed by atoms with E-state index in [-0.39, 0.29) is 0 Å². The average Bonchev–Trinajstić information content (AvgIpc) is 2.67. The van der Waals surface area contributed by atoms with Gasteiger partial charge in [-0.05, 0) is 28.1 Å². The molecule has 68 valence electrons. The summed E-state index contributed by atoms with van der Waals surface area (Å²) < 4.78 is 2.62. The Balaban J connectivity index is 2.51. The standard InChI is InChI=1S/C10H6BrN3/c11-9-3-1-2-4-10(9)14-7-8(5-12)6-13-14/h1-4,6-7H. The number of halogens is 1. The Bertz CT molecular complexity index is 496. The lowest BCUT2D eigenvalue weighted by Crippen LogP contribution is -1.94. The van der Waals surface area contributed by atoms with Crippen LogP contribution in [0.3, 0.4) is 0 Å². The van der Waals surface area contributed by atoms with E-state index in [1.54, 1.807) is 17.1 Å². The van der Waals surface area contributed by atoms with Crippen LogP contribution in [-0.4, -0.2) is 9.78 Å². The highest BCUT2D eigenvalue weighted by molar-refractivity contribution is 9.10. The van der Waals surface area contributed by atoms with E-state index in [2.05, 4.69) is 21.0 Å². The van der Waals surface area contributed by atoms with Crippen LogP contribution >= 0.6 is 15.9 Å². The second kappa shape index (κ2) is 3.64. The van der Waals surface area contributed by atoms with Crippen LogP contribution in [0.1, 0.15) is 5.56 Å². The molecule has 2 rings (SSSR count). The van der Waals surface area contributed by atoms with Crippen LogP contribution in [0.4, 0.5) is 0 Å². The molecule has 0 radical (unpaired) electrons. The zero-order valence-electron chi connectivity index (χ0n) is 7.18. The molecule has 0 aliphatic rings. The number of para-hydroxylation sites is 1. The first-order valence-electron chi connectivity index (χ1n) is 4.01. The lowest BCUT2D eigenvalue weighted by molar-refractivity contribution is 0.876. The molecule has 4 heteroatoms. The van der Waals surface area contributed by atoms with Crippen molar-refractivity contribution in [3.63, 3.8) is 0 Å². The Morgan fingerprint density at radius 3 is 2.79 bits per heavy atom. The van der Waals surface area contributed by atoms with Gasteiger partial charge in [0.05, 0.1) is 17.4 Å².